The summed E-state index contributed by atoms with van der Waals surface area (Å²) >= 11 is 6.68. The number of rotatable bonds is 4. The zero-order chi connectivity index (χ0) is 21.1. The third kappa shape index (κ3) is 3.72. The van der Waals surface area contributed by atoms with Gasteiger partial charge in [-0.1, -0.05) is 42.4 Å². The highest BCUT2D eigenvalue weighted by atomic mass is 35.5. The molecule has 0 spiro atoms. The fraction of sp³-hybridized carbons (Fsp3) is 0.217. The molecule has 0 radical (unpaired) electrons. The minimum Gasteiger partial charge on any atom is -0.352 e. The van der Waals surface area contributed by atoms with Gasteiger partial charge in [0.15, 0.2) is 0 Å². The van der Waals surface area contributed by atoms with Crippen molar-refractivity contribution in [2.45, 2.75) is 6.42 Å². The molecule has 1 aliphatic heterocycles. The van der Waals surface area contributed by atoms with Gasteiger partial charge in [0, 0.05) is 42.2 Å². The Balaban J connectivity index is 1.71. The van der Waals surface area contributed by atoms with Crippen LogP contribution in [0.15, 0.2) is 55.4 Å². The molecular weight excluding hydrogens is 398 g/mol. The summed E-state index contributed by atoms with van der Waals surface area (Å²) in [6.07, 6.45) is 3.21. The Morgan fingerprint density at radius 2 is 1.93 bits per heavy atom. The van der Waals surface area contributed by atoms with Gasteiger partial charge < -0.3 is 9.80 Å². The lowest BCUT2D eigenvalue weighted by Crippen LogP contribution is -2.48. The van der Waals surface area contributed by atoms with Gasteiger partial charge in [-0.25, -0.2) is 9.97 Å². The van der Waals surface area contributed by atoms with Crippen molar-refractivity contribution < 1.29 is 4.79 Å². The molecule has 0 saturated carbocycles. The molecule has 6 nitrogen and oxygen atoms in total. The average Bonchev–Trinajstić information content (AvgIpc) is 2.78. The highest BCUT2D eigenvalue weighted by molar-refractivity contribution is 6.34. The van der Waals surface area contributed by atoms with Crippen LogP contribution in [0.2, 0.25) is 5.02 Å². The normalized spacial score (nSPS) is 13.9. The second-order valence-electron chi connectivity index (χ2n) is 7.05. The fourth-order valence-electron chi connectivity index (χ4n) is 3.81. The molecule has 0 unspecified atom stereocenters. The van der Waals surface area contributed by atoms with Gasteiger partial charge in [0.25, 0.3) is 0 Å². The maximum atomic E-state index is 11.8. The van der Waals surface area contributed by atoms with Gasteiger partial charge in [0.1, 0.15) is 12.1 Å². The van der Waals surface area contributed by atoms with Crippen molar-refractivity contribution in [3.8, 4) is 17.2 Å². The number of amides is 1. The molecule has 0 bridgehead atoms. The summed E-state index contributed by atoms with van der Waals surface area (Å²) in [5.41, 5.74) is 3.50. The van der Waals surface area contributed by atoms with Crippen LogP contribution in [0.1, 0.15) is 5.56 Å². The first-order valence-electron chi connectivity index (χ1n) is 9.68. The average molecular weight is 418 g/mol. The SMILES string of the molecule is C=CC(=O)N1CCN(c2ncnc3cc(-c4ccccc4CC#N)c(Cl)cc23)CC1. The molecule has 2 aromatic carbocycles. The number of aromatic nitrogens is 2. The van der Waals surface area contributed by atoms with Crippen LogP contribution >= 0.6 is 11.6 Å². The highest BCUT2D eigenvalue weighted by Crippen LogP contribution is 2.36. The van der Waals surface area contributed by atoms with Crippen molar-refractivity contribution in [3.63, 3.8) is 0 Å². The lowest BCUT2D eigenvalue weighted by Gasteiger charge is -2.35. The van der Waals surface area contributed by atoms with Crippen LogP contribution in [-0.4, -0.2) is 47.0 Å². The first-order chi connectivity index (χ1) is 14.6. The monoisotopic (exact) mass is 417 g/mol. The lowest BCUT2D eigenvalue weighted by atomic mass is 9.97. The van der Waals surface area contributed by atoms with Gasteiger partial charge in [0.2, 0.25) is 5.91 Å². The molecule has 150 valence electrons. The molecule has 3 aromatic rings. The van der Waals surface area contributed by atoms with E-state index in [1.54, 1.807) is 11.2 Å². The Bertz CT molecular complexity index is 1160. The minimum atomic E-state index is -0.0501. The van der Waals surface area contributed by atoms with Crippen LogP contribution in [0.3, 0.4) is 0 Å². The van der Waals surface area contributed by atoms with Gasteiger partial charge in [-0.05, 0) is 29.3 Å². The molecule has 0 N–H and O–H groups in total. The van der Waals surface area contributed by atoms with Crippen molar-refractivity contribution in [3.05, 3.63) is 66.0 Å². The molecule has 4 rings (SSSR count). The smallest absolute Gasteiger partial charge is 0.246 e. The van der Waals surface area contributed by atoms with Gasteiger partial charge in [-0.3, -0.25) is 4.79 Å². The van der Waals surface area contributed by atoms with E-state index in [1.807, 2.05) is 36.4 Å². The summed E-state index contributed by atoms with van der Waals surface area (Å²) in [5, 5.41) is 10.6. The number of nitriles is 1. The Morgan fingerprint density at radius 3 is 2.67 bits per heavy atom. The molecule has 0 atom stereocenters. The largest absolute Gasteiger partial charge is 0.352 e. The number of carbonyl (C=O) groups excluding carboxylic acids is 1. The van der Waals surface area contributed by atoms with Crippen LogP contribution in [0.25, 0.3) is 22.0 Å². The number of anilines is 1. The maximum absolute atomic E-state index is 11.8. The van der Waals surface area contributed by atoms with Gasteiger partial charge >= 0.3 is 0 Å². The zero-order valence-corrected chi connectivity index (χ0v) is 17.1. The van der Waals surface area contributed by atoms with Crippen molar-refractivity contribution in [2.75, 3.05) is 31.1 Å². The molecule has 1 fully saturated rings. The summed E-state index contributed by atoms with van der Waals surface area (Å²) in [5.74, 6) is 0.760. The Labute approximate surface area is 180 Å². The van der Waals surface area contributed by atoms with Gasteiger partial charge in [-0.2, -0.15) is 5.26 Å². The van der Waals surface area contributed by atoms with Crippen molar-refractivity contribution in [2.24, 2.45) is 0 Å². The lowest BCUT2D eigenvalue weighted by molar-refractivity contribution is -0.126. The number of carbonyl (C=O) groups is 1. The molecule has 1 aromatic heterocycles. The van der Waals surface area contributed by atoms with E-state index in [0.717, 1.165) is 33.4 Å². The second-order valence-corrected chi connectivity index (χ2v) is 7.46. The maximum Gasteiger partial charge on any atom is 0.246 e. The number of halogens is 1. The van der Waals surface area contributed by atoms with E-state index in [1.165, 1.54) is 6.08 Å². The molecular formula is C23H20ClN5O. The molecule has 1 saturated heterocycles. The number of hydrogen-bond donors (Lipinski definition) is 0. The molecule has 30 heavy (non-hydrogen) atoms. The molecule has 1 amide bonds. The Morgan fingerprint density at radius 1 is 1.17 bits per heavy atom. The zero-order valence-electron chi connectivity index (χ0n) is 16.4. The van der Waals surface area contributed by atoms with Crippen LogP contribution in [0.4, 0.5) is 5.82 Å². The van der Waals surface area contributed by atoms with E-state index in [2.05, 4.69) is 27.5 Å². The standard InChI is InChI=1S/C23H20ClN5O/c1-2-22(30)28-9-11-29(12-10-28)23-19-13-20(24)18(14-21(19)26-15-27-23)17-6-4-3-5-16(17)7-8-25/h2-6,13-15H,1,7,9-12H2. The molecule has 7 heteroatoms. The van der Waals surface area contributed by atoms with Crippen LogP contribution in [-0.2, 0) is 11.2 Å². The van der Waals surface area contributed by atoms with Crippen LogP contribution in [0, 0.1) is 11.3 Å². The summed E-state index contributed by atoms with van der Waals surface area (Å²) in [7, 11) is 0. The third-order valence-electron chi connectivity index (χ3n) is 5.35. The van der Waals surface area contributed by atoms with E-state index in [4.69, 9.17) is 16.9 Å². The summed E-state index contributed by atoms with van der Waals surface area (Å²) in [4.78, 5) is 24.7. The van der Waals surface area contributed by atoms with Crippen LogP contribution < -0.4 is 4.90 Å². The molecule has 1 aliphatic rings. The van der Waals surface area contributed by atoms with E-state index in [9.17, 15) is 4.79 Å². The van der Waals surface area contributed by atoms with Crippen molar-refractivity contribution >= 4 is 34.2 Å². The fourth-order valence-corrected chi connectivity index (χ4v) is 4.08. The van der Waals surface area contributed by atoms with Crippen LogP contribution in [0.5, 0.6) is 0 Å². The Kier molecular flexibility index (Phi) is 5.64. The highest BCUT2D eigenvalue weighted by Gasteiger charge is 2.22. The topological polar surface area (TPSA) is 73.1 Å². The second kappa shape index (κ2) is 8.52. The number of nitrogens with zero attached hydrogens (tertiary/aromatic N) is 5. The van der Waals surface area contributed by atoms with Crippen molar-refractivity contribution in [1.29, 1.82) is 5.26 Å². The van der Waals surface area contributed by atoms with Gasteiger partial charge in [0.05, 0.1) is 18.0 Å². The predicted octanol–water partition coefficient (Wildman–Crippen LogP) is 3.85. The number of hydrogen-bond acceptors (Lipinski definition) is 5. The molecule has 2 heterocycles. The Hall–Kier alpha value is -3.43. The number of fused-ring (bicyclic) bond motifs is 1. The third-order valence-corrected chi connectivity index (χ3v) is 5.66. The van der Waals surface area contributed by atoms with Crippen molar-refractivity contribution in [1.82, 2.24) is 14.9 Å². The predicted molar refractivity (Wildman–Crippen MR) is 118 cm³/mol. The first-order valence-corrected chi connectivity index (χ1v) is 10.1. The quantitative estimate of drug-likeness (QED) is 0.603. The van der Waals surface area contributed by atoms with E-state index >= 15 is 0 Å². The minimum absolute atomic E-state index is 0.0501. The summed E-state index contributed by atoms with van der Waals surface area (Å²) in [6, 6.07) is 13.8. The van der Waals surface area contributed by atoms with Gasteiger partial charge in [-0.15, -0.1) is 0 Å². The molecule has 0 aliphatic carbocycles. The summed E-state index contributed by atoms with van der Waals surface area (Å²) in [6.45, 7) is 6.14. The summed E-state index contributed by atoms with van der Waals surface area (Å²) < 4.78 is 0. The van der Waals surface area contributed by atoms with E-state index < -0.39 is 0 Å². The van der Waals surface area contributed by atoms with E-state index in [-0.39, 0.29) is 5.91 Å². The first kappa shape index (κ1) is 19.9. The number of benzene rings is 2. The number of piperazine rings is 1. The van der Waals surface area contributed by atoms with E-state index in [0.29, 0.717) is 37.6 Å².